The van der Waals surface area contributed by atoms with E-state index in [1.807, 2.05) is 0 Å². The minimum Gasteiger partial charge on any atom is -0.421 e. The van der Waals surface area contributed by atoms with Gasteiger partial charge in [0.2, 0.25) is 0 Å². The molecule has 1 rings (SSSR count). The fourth-order valence-electron chi connectivity index (χ4n) is 1.65. The van der Waals surface area contributed by atoms with Gasteiger partial charge in [0.25, 0.3) is 0 Å². The minimum atomic E-state index is 0.303. The minimum absolute atomic E-state index is 0.303. The summed E-state index contributed by atoms with van der Waals surface area (Å²) in [5.74, 6) is 0. The molecule has 0 saturated heterocycles. The van der Waals surface area contributed by atoms with E-state index in [1.54, 1.807) is 0 Å². The second kappa shape index (κ2) is 5.47. The SMILES string of the molecule is CC(C)(C)CCC(O[SiH3])c1ccccc1. The lowest BCUT2D eigenvalue weighted by Crippen LogP contribution is -2.10. The van der Waals surface area contributed by atoms with Crippen LogP contribution in [-0.2, 0) is 4.43 Å². The zero-order valence-electron chi connectivity index (χ0n) is 10.3. The summed E-state index contributed by atoms with van der Waals surface area (Å²) in [5.41, 5.74) is 1.71. The maximum Gasteiger partial charge on any atom is 0.146 e. The van der Waals surface area contributed by atoms with Gasteiger partial charge in [-0.1, -0.05) is 51.1 Å². The van der Waals surface area contributed by atoms with Crippen molar-refractivity contribution in [3.05, 3.63) is 35.9 Å². The predicted octanol–water partition coefficient (Wildman–Crippen LogP) is 2.85. The monoisotopic (exact) mass is 222 g/mol. The van der Waals surface area contributed by atoms with Gasteiger partial charge in [0.1, 0.15) is 10.5 Å². The Bertz CT molecular complexity index is 276. The quantitative estimate of drug-likeness (QED) is 0.712. The van der Waals surface area contributed by atoms with Crippen molar-refractivity contribution in [1.82, 2.24) is 0 Å². The van der Waals surface area contributed by atoms with E-state index in [2.05, 4.69) is 51.1 Å². The van der Waals surface area contributed by atoms with Crippen molar-refractivity contribution in [2.24, 2.45) is 5.41 Å². The molecule has 0 aliphatic rings. The number of hydrogen-bond donors (Lipinski definition) is 0. The van der Waals surface area contributed by atoms with Crippen molar-refractivity contribution in [1.29, 1.82) is 0 Å². The van der Waals surface area contributed by atoms with Gasteiger partial charge in [-0.3, -0.25) is 0 Å². The third-order valence-electron chi connectivity index (χ3n) is 2.61. The van der Waals surface area contributed by atoms with Gasteiger partial charge in [-0.15, -0.1) is 0 Å². The number of hydrogen-bond acceptors (Lipinski definition) is 1. The van der Waals surface area contributed by atoms with E-state index in [9.17, 15) is 0 Å². The first-order valence-corrected chi connectivity index (χ1v) is 6.42. The van der Waals surface area contributed by atoms with Gasteiger partial charge in [0.05, 0.1) is 6.10 Å². The molecule has 0 N–H and O–H groups in total. The van der Waals surface area contributed by atoms with Crippen molar-refractivity contribution >= 4 is 10.5 Å². The summed E-state index contributed by atoms with van der Waals surface area (Å²) < 4.78 is 5.67. The van der Waals surface area contributed by atoms with Crippen LogP contribution >= 0.6 is 0 Å². The summed E-state index contributed by atoms with van der Waals surface area (Å²) in [6, 6.07) is 10.5. The summed E-state index contributed by atoms with van der Waals surface area (Å²) in [7, 11) is 0.808. The molecule has 0 spiro atoms. The summed E-state index contributed by atoms with van der Waals surface area (Å²) >= 11 is 0. The summed E-state index contributed by atoms with van der Waals surface area (Å²) in [6.45, 7) is 6.84. The molecule has 0 bridgehead atoms. The van der Waals surface area contributed by atoms with Crippen LogP contribution in [0.1, 0.15) is 45.3 Å². The third kappa shape index (κ3) is 4.63. The molecule has 0 heterocycles. The van der Waals surface area contributed by atoms with E-state index in [-0.39, 0.29) is 0 Å². The number of benzene rings is 1. The van der Waals surface area contributed by atoms with Crippen LogP contribution in [-0.4, -0.2) is 10.5 Å². The van der Waals surface area contributed by atoms with Crippen molar-refractivity contribution < 1.29 is 4.43 Å². The normalized spacial score (nSPS) is 14.1. The van der Waals surface area contributed by atoms with Crippen LogP contribution in [0.5, 0.6) is 0 Å². The van der Waals surface area contributed by atoms with Gasteiger partial charge in [0, 0.05) is 0 Å². The lowest BCUT2D eigenvalue weighted by molar-refractivity contribution is 0.187. The Morgan fingerprint density at radius 1 is 1.20 bits per heavy atom. The lowest BCUT2D eigenvalue weighted by atomic mass is 9.88. The largest absolute Gasteiger partial charge is 0.421 e. The van der Waals surface area contributed by atoms with Gasteiger partial charge in [-0.05, 0) is 23.8 Å². The predicted molar refractivity (Wildman–Crippen MR) is 68.9 cm³/mol. The van der Waals surface area contributed by atoms with Gasteiger partial charge in [-0.25, -0.2) is 0 Å². The Morgan fingerprint density at radius 2 is 1.80 bits per heavy atom. The molecule has 2 heteroatoms. The highest BCUT2D eigenvalue weighted by Gasteiger charge is 2.15. The van der Waals surface area contributed by atoms with E-state index in [4.69, 9.17) is 4.43 Å². The third-order valence-corrected chi connectivity index (χ3v) is 3.18. The van der Waals surface area contributed by atoms with Crippen LogP contribution in [0, 0.1) is 5.41 Å². The first kappa shape index (κ1) is 12.5. The number of rotatable bonds is 4. The molecule has 0 fully saturated rings. The van der Waals surface area contributed by atoms with E-state index < -0.39 is 0 Å². The molecule has 0 radical (unpaired) electrons. The second-order valence-electron chi connectivity index (χ2n) is 5.23. The molecule has 0 aliphatic heterocycles. The molecular formula is C13H22OSi. The fourth-order valence-corrected chi connectivity index (χ4v) is 2.16. The molecular weight excluding hydrogens is 200 g/mol. The molecule has 0 aliphatic carbocycles. The maximum absolute atomic E-state index is 5.67. The highest BCUT2D eigenvalue weighted by molar-refractivity contribution is 5.98. The summed E-state index contributed by atoms with van der Waals surface area (Å²) in [4.78, 5) is 0. The molecule has 1 atom stereocenters. The first-order valence-electron chi connectivity index (χ1n) is 5.61. The van der Waals surface area contributed by atoms with Gasteiger partial charge in [-0.2, -0.15) is 0 Å². The average Bonchev–Trinajstić information content (AvgIpc) is 2.19. The second-order valence-corrected chi connectivity index (χ2v) is 5.71. The Morgan fingerprint density at radius 3 is 2.27 bits per heavy atom. The van der Waals surface area contributed by atoms with Gasteiger partial charge >= 0.3 is 0 Å². The van der Waals surface area contributed by atoms with Crippen LogP contribution in [0.2, 0.25) is 0 Å². The molecule has 0 aromatic heterocycles. The van der Waals surface area contributed by atoms with Crippen molar-refractivity contribution in [2.75, 3.05) is 0 Å². The van der Waals surface area contributed by atoms with Crippen LogP contribution in [0.15, 0.2) is 30.3 Å². The Kier molecular flexibility index (Phi) is 4.55. The van der Waals surface area contributed by atoms with Gasteiger partial charge in [0.15, 0.2) is 0 Å². The Hall–Kier alpha value is -0.603. The van der Waals surface area contributed by atoms with Crippen molar-refractivity contribution in [2.45, 2.75) is 39.7 Å². The molecule has 15 heavy (non-hydrogen) atoms. The molecule has 1 unspecified atom stereocenters. The average molecular weight is 222 g/mol. The fraction of sp³-hybridized carbons (Fsp3) is 0.538. The van der Waals surface area contributed by atoms with E-state index in [1.165, 1.54) is 12.0 Å². The molecule has 1 aromatic rings. The molecule has 0 saturated carbocycles. The van der Waals surface area contributed by atoms with Crippen molar-refractivity contribution in [3.8, 4) is 0 Å². The highest BCUT2D eigenvalue weighted by atomic mass is 28.2. The topological polar surface area (TPSA) is 9.23 Å². The zero-order chi connectivity index (χ0) is 11.3. The van der Waals surface area contributed by atoms with E-state index >= 15 is 0 Å². The lowest BCUT2D eigenvalue weighted by Gasteiger charge is -2.23. The zero-order valence-corrected chi connectivity index (χ0v) is 12.3. The smallest absolute Gasteiger partial charge is 0.146 e. The van der Waals surface area contributed by atoms with Crippen LogP contribution < -0.4 is 0 Å². The summed E-state index contributed by atoms with van der Waals surface area (Å²) in [6.07, 6.45) is 2.63. The standard InChI is InChI=1S/C13H22OSi/c1-13(2,3)10-9-12(14-15)11-7-5-4-6-8-11/h4-8,12H,9-10H2,1-3,15H3. The maximum atomic E-state index is 5.67. The van der Waals surface area contributed by atoms with Crippen LogP contribution in [0.3, 0.4) is 0 Å². The Balaban J connectivity index is 2.58. The first-order chi connectivity index (χ1) is 7.03. The van der Waals surface area contributed by atoms with E-state index in [0.717, 1.165) is 16.9 Å². The van der Waals surface area contributed by atoms with Gasteiger partial charge < -0.3 is 4.43 Å². The molecule has 1 nitrogen and oxygen atoms in total. The van der Waals surface area contributed by atoms with Crippen molar-refractivity contribution in [3.63, 3.8) is 0 Å². The molecule has 84 valence electrons. The van der Waals surface area contributed by atoms with Crippen LogP contribution in [0.25, 0.3) is 0 Å². The molecule has 0 amide bonds. The highest BCUT2D eigenvalue weighted by Crippen LogP contribution is 2.28. The summed E-state index contributed by atoms with van der Waals surface area (Å²) in [5, 5.41) is 0. The molecule has 1 aromatic carbocycles. The van der Waals surface area contributed by atoms with Crippen LogP contribution in [0.4, 0.5) is 0 Å². The van der Waals surface area contributed by atoms with E-state index in [0.29, 0.717) is 11.5 Å². The Labute approximate surface area is 96.4 Å².